The Labute approximate surface area is 155 Å². The minimum Gasteiger partial charge on any atom is -0.314 e. The fourth-order valence-electron chi connectivity index (χ4n) is 3.57. The number of hydrogen-bond acceptors (Lipinski definition) is 4. The van der Waals surface area contributed by atoms with Crippen molar-refractivity contribution in [2.24, 2.45) is 0 Å². The number of aromatic nitrogens is 2. The number of rotatable bonds is 5. The highest BCUT2D eigenvalue weighted by Crippen LogP contribution is 2.27. The summed E-state index contributed by atoms with van der Waals surface area (Å²) in [6, 6.07) is 3.06. The number of piperazine rings is 1. The molecule has 0 spiro atoms. The second-order valence-electron chi connectivity index (χ2n) is 6.39. The molecule has 0 radical (unpaired) electrons. The van der Waals surface area contributed by atoms with E-state index in [9.17, 15) is 9.18 Å². The lowest BCUT2D eigenvalue weighted by Gasteiger charge is -2.35. The molecule has 1 aliphatic rings. The lowest BCUT2D eigenvalue weighted by molar-refractivity contribution is 0.154. The van der Waals surface area contributed by atoms with Gasteiger partial charge in [-0.15, -0.1) is 0 Å². The first-order valence-electron chi connectivity index (χ1n) is 8.91. The minimum absolute atomic E-state index is 0.0344. The van der Waals surface area contributed by atoms with Gasteiger partial charge in [0.25, 0.3) is 5.56 Å². The van der Waals surface area contributed by atoms with Gasteiger partial charge in [0.15, 0.2) is 5.82 Å². The molecular formula is C18H24BrFN4O. The standard InChI is InChI=1S/C18H24BrFN4O/c1-3-5-15(23-8-6-21-7-9-23)17-22-16-13(18(25)24(17)4-2)10-12(19)11-14(16)20/h10-11,15,21H,3-9H2,1-2H3/t15-/m1/s1. The molecule has 1 saturated heterocycles. The zero-order valence-electron chi connectivity index (χ0n) is 14.7. The van der Waals surface area contributed by atoms with Gasteiger partial charge in [0.1, 0.15) is 11.3 Å². The molecule has 1 atom stereocenters. The second kappa shape index (κ2) is 7.93. The zero-order valence-corrected chi connectivity index (χ0v) is 16.3. The maximum Gasteiger partial charge on any atom is 0.261 e. The Morgan fingerprint density at radius 1 is 1.32 bits per heavy atom. The van der Waals surface area contributed by atoms with Crippen LogP contribution < -0.4 is 10.9 Å². The van der Waals surface area contributed by atoms with Gasteiger partial charge in [0.05, 0.1) is 11.4 Å². The molecule has 3 rings (SSSR count). The van der Waals surface area contributed by atoms with E-state index < -0.39 is 5.82 Å². The van der Waals surface area contributed by atoms with Crippen LogP contribution in [0, 0.1) is 5.82 Å². The van der Waals surface area contributed by atoms with Crippen molar-refractivity contribution in [1.82, 2.24) is 19.8 Å². The predicted molar refractivity (Wildman–Crippen MR) is 101 cm³/mol. The van der Waals surface area contributed by atoms with Crippen LogP contribution in [-0.2, 0) is 6.54 Å². The van der Waals surface area contributed by atoms with Crippen molar-refractivity contribution in [3.63, 3.8) is 0 Å². The van der Waals surface area contributed by atoms with E-state index in [1.807, 2.05) is 6.92 Å². The van der Waals surface area contributed by atoms with Crippen LogP contribution in [0.15, 0.2) is 21.4 Å². The molecule has 1 aromatic carbocycles. The maximum atomic E-state index is 14.5. The van der Waals surface area contributed by atoms with E-state index in [4.69, 9.17) is 0 Å². The number of nitrogens with one attached hydrogen (secondary N) is 1. The molecular weight excluding hydrogens is 387 g/mol. The molecule has 0 bridgehead atoms. The van der Waals surface area contributed by atoms with Crippen molar-refractivity contribution in [3.8, 4) is 0 Å². The number of nitrogens with zero attached hydrogens (tertiary/aromatic N) is 3. The summed E-state index contributed by atoms with van der Waals surface area (Å²) < 4.78 is 16.7. The third-order valence-electron chi connectivity index (χ3n) is 4.78. The summed E-state index contributed by atoms with van der Waals surface area (Å²) in [5.74, 6) is 0.228. The largest absolute Gasteiger partial charge is 0.314 e. The van der Waals surface area contributed by atoms with Crippen molar-refractivity contribution in [2.75, 3.05) is 26.2 Å². The molecule has 25 heavy (non-hydrogen) atoms. The molecule has 0 aliphatic carbocycles. The highest BCUT2D eigenvalue weighted by molar-refractivity contribution is 9.10. The first kappa shape index (κ1) is 18.5. The van der Waals surface area contributed by atoms with Gasteiger partial charge in [-0.25, -0.2) is 9.37 Å². The van der Waals surface area contributed by atoms with E-state index in [0.29, 0.717) is 22.2 Å². The van der Waals surface area contributed by atoms with Gasteiger partial charge in [-0.05, 0) is 25.5 Å². The Morgan fingerprint density at radius 2 is 2.04 bits per heavy atom. The lowest BCUT2D eigenvalue weighted by Crippen LogP contribution is -2.46. The molecule has 5 nitrogen and oxygen atoms in total. The first-order valence-corrected chi connectivity index (χ1v) is 9.70. The Kier molecular flexibility index (Phi) is 5.86. The maximum absolute atomic E-state index is 14.5. The average molecular weight is 411 g/mol. The monoisotopic (exact) mass is 410 g/mol. The first-order chi connectivity index (χ1) is 12.1. The van der Waals surface area contributed by atoms with Crippen LogP contribution in [0.4, 0.5) is 4.39 Å². The highest BCUT2D eigenvalue weighted by atomic mass is 79.9. The molecule has 0 saturated carbocycles. The summed E-state index contributed by atoms with van der Waals surface area (Å²) >= 11 is 3.27. The molecule has 7 heteroatoms. The van der Waals surface area contributed by atoms with E-state index in [1.165, 1.54) is 6.07 Å². The summed E-state index contributed by atoms with van der Waals surface area (Å²) in [7, 11) is 0. The third-order valence-corrected chi connectivity index (χ3v) is 5.23. The van der Waals surface area contributed by atoms with Gasteiger partial charge in [-0.2, -0.15) is 0 Å². The number of fused-ring (bicyclic) bond motifs is 1. The Morgan fingerprint density at radius 3 is 2.68 bits per heavy atom. The molecule has 0 amide bonds. The van der Waals surface area contributed by atoms with Gasteiger partial charge in [-0.3, -0.25) is 14.3 Å². The van der Waals surface area contributed by atoms with Crippen molar-refractivity contribution in [2.45, 2.75) is 39.3 Å². The highest BCUT2D eigenvalue weighted by Gasteiger charge is 2.26. The van der Waals surface area contributed by atoms with Gasteiger partial charge < -0.3 is 5.32 Å². The van der Waals surface area contributed by atoms with Crippen molar-refractivity contribution in [3.05, 3.63) is 38.6 Å². The van der Waals surface area contributed by atoms with Gasteiger partial charge in [-0.1, -0.05) is 29.3 Å². The van der Waals surface area contributed by atoms with Crippen molar-refractivity contribution < 1.29 is 4.39 Å². The minimum atomic E-state index is -0.457. The average Bonchev–Trinajstić information content (AvgIpc) is 2.61. The summed E-state index contributed by atoms with van der Waals surface area (Å²) in [5.41, 5.74) is 0.00285. The van der Waals surface area contributed by atoms with Gasteiger partial charge >= 0.3 is 0 Å². The number of halogens is 2. The molecule has 2 heterocycles. The summed E-state index contributed by atoms with van der Waals surface area (Å²) in [6.45, 7) is 8.25. The SMILES string of the molecule is CCC[C@H](c1nc2c(F)cc(Br)cc2c(=O)n1CC)N1CCNCC1. The van der Waals surface area contributed by atoms with Crippen LogP contribution in [0.5, 0.6) is 0 Å². The Bertz CT molecular complexity index is 817. The van der Waals surface area contributed by atoms with Crippen LogP contribution in [0.2, 0.25) is 0 Å². The smallest absolute Gasteiger partial charge is 0.261 e. The second-order valence-corrected chi connectivity index (χ2v) is 7.31. The zero-order chi connectivity index (χ0) is 18.0. The molecule has 1 aromatic heterocycles. The predicted octanol–water partition coefficient (Wildman–Crippen LogP) is 3.06. The number of benzene rings is 1. The molecule has 0 unspecified atom stereocenters. The van der Waals surface area contributed by atoms with Crippen LogP contribution in [0.25, 0.3) is 10.9 Å². The van der Waals surface area contributed by atoms with E-state index in [2.05, 4.69) is 38.1 Å². The van der Waals surface area contributed by atoms with Crippen LogP contribution in [0.1, 0.15) is 38.6 Å². The van der Waals surface area contributed by atoms with Crippen LogP contribution in [0.3, 0.4) is 0 Å². The van der Waals surface area contributed by atoms with E-state index in [0.717, 1.165) is 39.0 Å². The fraction of sp³-hybridized carbons (Fsp3) is 0.556. The quantitative estimate of drug-likeness (QED) is 0.822. The Balaban J connectivity index is 2.20. The van der Waals surface area contributed by atoms with Crippen LogP contribution >= 0.6 is 15.9 Å². The van der Waals surface area contributed by atoms with E-state index in [-0.39, 0.29) is 17.1 Å². The molecule has 1 aliphatic heterocycles. The normalized spacial score (nSPS) is 17.1. The molecule has 2 aromatic rings. The third kappa shape index (κ3) is 3.64. The molecule has 1 N–H and O–H groups in total. The molecule has 1 fully saturated rings. The summed E-state index contributed by atoms with van der Waals surface area (Å²) in [5, 5.41) is 3.68. The van der Waals surface area contributed by atoms with Gasteiger partial charge in [0, 0.05) is 37.2 Å². The van der Waals surface area contributed by atoms with Gasteiger partial charge in [0.2, 0.25) is 0 Å². The molecule has 136 valence electrons. The fourth-order valence-corrected chi connectivity index (χ4v) is 4.00. The Hall–Kier alpha value is -1.31. The van der Waals surface area contributed by atoms with Crippen molar-refractivity contribution in [1.29, 1.82) is 0 Å². The van der Waals surface area contributed by atoms with E-state index in [1.54, 1.807) is 10.6 Å². The van der Waals surface area contributed by atoms with E-state index >= 15 is 0 Å². The topological polar surface area (TPSA) is 50.2 Å². The summed E-state index contributed by atoms with van der Waals surface area (Å²) in [4.78, 5) is 20.0. The number of hydrogen-bond donors (Lipinski definition) is 1. The lowest BCUT2D eigenvalue weighted by atomic mass is 10.1. The summed E-state index contributed by atoms with van der Waals surface area (Å²) in [6.07, 6.45) is 1.88. The van der Waals surface area contributed by atoms with Crippen molar-refractivity contribution >= 4 is 26.8 Å². The van der Waals surface area contributed by atoms with Crippen LogP contribution in [-0.4, -0.2) is 40.6 Å².